The molecule has 0 radical (unpaired) electrons. The molecule has 0 spiro atoms. The van der Waals surface area contributed by atoms with E-state index in [1.807, 2.05) is 4.90 Å². The van der Waals surface area contributed by atoms with Crippen molar-refractivity contribution in [2.24, 2.45) is 0 Å². The predicted molar refractivity (Wildman–Crippen MR) is 71.3 cm³/mol. The lowest BCUT2D eigenvalue weighted by atomic mass is 10.00. The average Bonchev–Trinajstić information content (AvgIpc) is 2.56. The van der Waals surface area contributed by atoms with Gasteiger partial charge in [-0.3, -0.25) is 4.79 Å². The van der Waals surface area contributed by atoms with Gasteiger partial charge in [-0.15, -0.1) is 0 Å². The van der Waals surface area contributed by atoms with Crippen LogP contribution in [0.15, 0.2) is 0 Å². The maximum Gasteiger partial charge on any atom is 0.219 e. The van der Waals surface area contributed by atoms with Gasteiger partial charge in [0.25, 0.3) is 0 Å². The molecule has 2 atom stereocenters. The summed E-state index contributed by atoms with van der Waals surface area (Å²) >= 11 is 0. The molecular formula is C14H26N2O2. The molecule has 104 valence electrons. The highest BCUT2D eigenvalue weighted by atomic mass is 16.3. The number of rotatable bonds is 2. The number of hydrogen-bond donors (Lipinski definition) is 2. The van der Waals surface area contributed by atoms with E-state index in [4.69, 9.17) is 0 Å². The highest BCUT2D eigenvalue weighted by Crippen LogP contribution is 2.20. The Kier molecular flexibility index (Phi) is 5.01. The number of aliphatic hydroxyl groups is 1. The highest BCUT2D eigenvalue weighted by molar-refractivity contribution is 5.73. The molecule has 0 aromatic carbocycles. The monoisotopic (exact) mass is 254 g/mol. The van der Waals surface area contributed by atoms with Crippen LogP contribution in [0.3, 0.4) is 0 Å². The number of carbonyl (C=O) groups is 1. The van der Waals surface area contributed by atoms with E-state index in [0.29, 0.717) is 6.04 Å². The number of amides is 1. The largest absolute Gasteiger partial charge is 0.392 e. The molecule has 1 aliphatic heterocycles. The van der Waals surface area contributed by atoms with Gasteiger partial charge < -0.3 is 15.3 Å². The number of aliphatic hydroxyl groups excluding tert-OH is 1. The van der Waals surface area contributed by atoms with Gasteiger partial charge in [0.1, 0.15) is 0 Å². The zero-order valence-corrected chi connectivity index (χ0v) is 11.4. The second kappa shape index (κ2) is 6.53. The van der Waals surface area contributed by atoms with Crippen LogP contribution in [0, 0.1) is 0 Å². The molecule has 4 heteroatoms. The molecule has 2 rings (SSSR count). The molecule has 4 nitrogen and oxygen atoms in total. The number of nitrogens with zero attached hydrogens (tertiary/aromatic N) is 1. The molecule has 0 aromatic heterocycles. The summed E-state index contributed by atoms with van der Waals surface area (Å²) in [5.41, 5.74) is 0. The maximum absolute atomic E-state index is 11.3. The lowest BCUT2D eigenvalue weighted by molar-refractivity contribution is -0.129. The molecule has 0 aromatic rings. The highest BCUT2D eigenvalue weighted by Gasteiger charge is 2.26. The third kappa shape index (κ3) is 3.69. The Morgan fingerprint density at radius 1 is 1.11 bits per heavy atom. The molecule has 1 aliphatic carbocycles. The van der Waals surface area contributed by atoms with Crippen molar-refractivity contribution in [2.45, 2.75) is 70.1 Å². The lowest BCUT2D eigenvalue weighted by Crippen LogP contribution is -2.50. The molecule has 1 amide bonds. The number of likely N-dealkylation sites (tertiary alicyclic amines) is 1. The van der Waals surface area contributed by atoms with Crippen molar-refractivity contribution in [1.82, 2.24) is 10.2 Å². The molecule has 2 aliphatic rings. The topological polar surface area (TPSA) is 52.6 Å². The second-order valence-electron chi connectivity index (χ2n) is 5.76. The van der Waals surface area contributed by atoms with Crippen molar-refractivity contribution >= 4 is 5.91 Å². The molecule has 0 bridgehead atoms. The maximum atomic E-state index is 11.3. The van der Waals surface area contributed by atoms with Crippen LogP contribution in [-0.2, 0) is 4.79 Å². The van der Waals surface area contributed by atoms with Gasteiger partial charge in [0.05, 0.1) is 6.10 Å². The van der Waals surface area contributed by atoms with Crippen molar-refractivity contribution < 1.29 is 9.90 Å². The molecule has 1 saturated carbocycles. The van der Waals surface area contributed by atoms with Crippen LogP contribution in [0.5, 0.6) is 0 Å². The molecule has 18 heavy (non-hydrogen) atoms. The van der Waals surface area contributed by atoms with Crippen LogP contribution < -0.4 is 5.32 Å². The Balaban J connectivity index is 1.78. The Labute approximate surface area is 110 Å². The number of piperidine rings is 1. The zero-order valence-electron chi connectivity index (χ0n) is 11.4. The summed E-state index contributed by atoms with van der Waals surface area (Å²) in [6, 6.07) is 0.736. The van der Waals surface area contributed by atoms with Crippen molar-refractivity contribution in [1.29, 1.82) is 0 Å². The van der Waals surface area contributed by atoms with Gasteiger partial charge in [0.15, 0.2) is 0 Å². The summed E-state index contributed by atoms with van der Waals surface area (Å²) in [4.78, 5) is 13.2. The van der Waals surface area contributed by atoms with E-state index in [-0.39, 0.29) is 18.1 Å². The second-order valence-corrected chi connectivity index (χ2v) is 5.76. The zero-order chi connectivity index (χ0) is 13.0. The van der Waals surface area contributed by atoms with Gasteiger partial charge >= 0.3 is 0 Å². The van der Waals surface area contributed by atoms with E-state index in [1.54, 1.807) is 6.92 Å². The summed E-state index contributed by atoms with van der Waals surface area (Å²) in [7, 11) is 0. The van der Waals surface area contributed by atoms with Crippen LogP contribution in [0.1, 0.15) is 51.9 Å². The lowest BCUT2D eigenvalue weighted by Gasteiger charge is -2.35. The fourth-order valence-electron chi connectivity index (χ4n) is 3.15. The fourth-order valence-corrected chi connectivity index (χ4v) is 3.15. The van der Waals surface area contributed by atoms with Crippen molar-refractivity contribution in [2.75, 3.05) is 13.1 Å². The van der Waals surface area contributed by atoms with Gasteiger partial charge in [-0.1, -0.05) is 19.3 Å². The van der Waals surface area contributed by atoms with Gasteiger partial charge in [-0.25, -0.2) is 0 Å². The fraction of sp³-hybridized carbons (Fsp3) is 0.929. The normalized spacial score (nSPS) is 31.1. The Morgan fingerprint density at radius 3 is 2.44 bits per heavy atom. The van der Waals surface area contributed by atoms with Crippen molar-refractivity contribution in [3.8, 4) is 0 Å². The number of hydrogen-bond acceptors (Lipinski definition) is 3. The summed E-state index contributed by atoms with van der Waals surface area (Å²) in [6.45, 7) is 3.36. The number of carbonyl (C=O) groups excluding carboxylic acids is 1. The first-order valence-electron chi connectivity index (χ1n) is 7.36. The van der Waals surface area contributed by atoms with Crippen LogP contribution in [0.2, 0.25) is 0 Å². The van der Waals surface area contributed by atoms with E-state index in [9.17, 15) is 9.90 Å². The summed E-state index contributed by atoms with van der Waals surface area (Å²) < 4.78 is 0. The quantitative estimate of drug-likeness (QED) is 0.730. The molecule has 1 heterocycles. The van der Waals surface area contributed by atoms with E-state index >= 15 is 0 Å². The first kappa shape index (κ1) is 13.8. The van der Waals surface area contributed by atoms with E-state index in [0.717, 1.165) is 45.2 Å². The van der Waals surface area contributed by atoms with Gasteiger partial charge in [-0.2, -0.15) is 0 Å². The van der Waals surface area contributed by atoms with E-state index in [1.165, 1.54) is 12.8 Å². The molecule has 2 fully saturated rings. The van der Waals surface area contributed by atoms with E-state index in [2.05, 4.69) is 5.32 Å². The minimum absolute atomic E-state index is 0.182. The molecular weight excluding hydrogens is 228 g/mol. The van der Waals surface area contributed by atoms with Gasteiger partial charge in [-0.05, 0) is 25.7 Å². The van der Waals surface area contributed by atoms with E-state index < -0.39 is 0 Å². The third-order valence-corrected chi connectivity index (χ3v) is 4.37. The number of nitrogens with one attached hydrogen (secondary N) is 1. The Morgan fingerprint density at radius 2 is 1.78 bits per heavy atom. The smallest absolute Gasteiger partial charge is 0.219 e. The summed E-state index contributed by atoms with van der Waals surface area (Å²) in [5.74, 6) is 0.183. The standard InChI is InChI=1S/C14H26N2O2/c1-11(17)16-9-7-12(8-10-16)15-13-5-3-2-4-6-14(13)18/h12-15,18H,2-10H2,1H3. The first-order chi connectivity index (χ1) is 8.66. The predicted octanol–water partition coefficient (Wildman–Crippen LogP) is 1.28. The molecule has 2 unspecified atom stereocenters. The van der Waals surface area contributed by atoms with Crippen LogP contribution in [-0.4, -0.2) is 47.2 Å². The minimum atomic E-state index is -0.182. The Bertz CT molecular complexity index is 275. The van der Waals surface area contributed by atoms with Crippen LogP contribution >= 0.6 is 0 Å². The summed E-state index contributed by atoms with van der Waals surface area (Å²) in [5, 5.41) is 13.7. The van der Waals surface area contributed by atoms with Crippen molar-refractivity contribution in [3.63, 3.8) is 0 Å². The SMILES string of the molecule is CC(=O)N1CCC(NC2CCCCCC2O)CC1. The summed E-state index contributed by atoms with van der Waals surface area (Å²) in [6.07, 6.45) is 7.50. The van der Waals surface area contributed by atoms with Crippen LogP contribution in [0.25, 0.3) is 0 Å². The Hall–Kier alpha value is -0.610. The first-order valence-corrected chi connectivity index (χ1v) is 7.36. The van der Waals surface area contributed by atoms with Crippen LogP contribution in [0.4, 0.5) is 0 Å². The molecule has 1 saturated heterocycles. The minimum Gasteiger partial charge on any atom is -0.392 e. The van der Waals surface area contributed by atoms with Gasteiger partial charge in [0.2, 0.25) is 5.91 Å². The molecule has 2 N–H and O–H groups in total. The van der Waals surface area contributed by atoms with Crippen molar-refractivity contribution in [3.05, 3.63) is 0 Å². The van der Waals surface area contributed by atoms with Gasteiger partial charge in [0, 0.05) is 32.1 Å². The third-order valence-electron chi connectivity index (χ3n) is 4.37. The average molecular weight is 254 g/mol.